The highest BCUT2D eigenvalue weighted by molar-refractivity contribution is 6.31. The third kappa shape index (κ3) is 6.02. The van der Waals surface area contributed by atoms with E-state index in [1.165, 1.54) is 6.20 Å². The topological polar surface area (TPSA) is 164 Å². The molecule has 5 rings (SSSR count). The monoisotopic (exact) mass is 599 g/mol. The lowest BCUT2D eigenvalue weighted by Crippen LogP contribution is -2.62. The highest BCUT2D eigenvalue weighted by Crippen LogP contribution is 2.37. The molecule has 1 amide bonds. The maximum Gasteiger partial charge on any atom is 0.245 e. The Morgan fingerprint density at radius 3 is 2.58 bits per heavy atom. The van der Waals surface area contributed by atoms with Crippen LogP contribution in [0.4, 0.5) is 11.4 Å². The van der Waals surface area contributed by atoms with Crippen molar-refractivity contribution in [2.24, 2.45) is 11.1 Å². The molecule has 1 atom stereocenters. The molecule has 0 saturated carbocycles. The fraction of sp³-hybridized carbons (Fsp3) is 0.355. The van der Waals surface area contributed by atoms with E-state index in [1.807, 2.05) is 30.5 Å². The van der Waals surface area contributed by atoms with E-state index in [-0.39, 0.29) is 5.41 Å². The van der Waals surface area contributed by atoms with Crippen LogP contribution in [0.3, 0.4) is 0 Å². The van der Waals surface area contributed by atoms with Crippen LogP contribution in [0.15, 0.2) is 54.5 Å². The van der Waals surface area contributed by atoms with Crippen molar-refractivity contribution >= 4 is 39.8 Å². The van der Waals surface area contributed by atoms with Crippen LogP contribution in [0, 0.1) is 28.1 Å². The first kappa shape index (κ1) is 29.9. The molecule has 3 heterocycles. The van der Waals surface area contributed by atoms with Gasteiger partial charge in [0.05, 0.1) is 34.1 Å². The van der Waals surface area contributed by atoms with Crippen LogP contribution < -0.4 is 27.3 Å². The largest absolute Gasteiger partial charge is 0.383 e. The minimum Gasteiger partial charge on any atom is -0.383 e. The number of anilines is 2. The van der Waals surface area contributed by atoms with Crippen molar-refractivity contribution in [1.82, 2.24) is 21.0 Å². The average Bonchev–Trinajstić information content (AvgIpc) is 3.49. The van der Waals surface area contributed by atoms with Crippen LogP contribution in [0.5, 0.6) is 0 Å². The molecule has 11 nitrogen and oxygen atoms in total. The molecule has 12 heteroatoms. The molecule has 0 bridgehead atoms. The number of carbonyl (C=O) groups excluding carboxylic acids is 1. The van der Waals surface area contributed by atoms with E-state index in [0.717, 1.165) is 5.56 Å². The van der Waals surface area contributed by atoms with Crippen molar-refractivity contribution < 1.29 is 9.53 Å². The van der Waals surface area contributed by atoms with Gasteiger partial charge in [0, 0.05) is 61.1 Å². The lowest BCUT2D eigenvalue weighted by atomic mass is 9.88. The summed E-state index contributed by atoms with van der Waals surface area (Å²) in [6, 6.07) is 15.0. The minimum absolute atomic E-state index is 0.0579. The highest BCUT2D eigenvalue weighted by Gasteiger charge is 2.45. The van der Waals surface area contributed by atoms with E-state index >= 15 is 0 Å². The zero-order valence-corrected chi connectivity index (χ0v) is 25.0. The minimum atomic E-state index is -0.970. The number of ether oxygens (including phenoxy) is 1. The van der Waals surface area contributed by atoms with E-state index in [2.05, 4.69) is 59.5 Å². The number of nitriles is 2. The summed E-state index contributed by atoms with van der Waals surface area (Å²) in [7, 11) is 0. The molecule has 0 radical (unpaired) electrons. The Labute approximate surface area is 255 Å². The molecule has 3 aromatic rings. The van der Waals surface area contributed by atoms with Crippen molar-refractivity contribution in [2.45, 2.75) is 45.2 Å². The molecule has 2 aliphatic heterocycles. The number of nitrogens with zero attached hydrogens (tertiary/aromatic N) is 4. The Kier molecular flexibility index (Phi) is 8.34. The summed E-state index contributed by atoms with van der Waals surface area (Å²) in [5.41, 5.74) is 15.1. The van der Waals surface area contributed by atoms with E-state index in [9.17, 15) is 15.3 Å². The molecule has 0 aliphatic carbocycles. The predicted molar refractivity (Wildman–Crippen MR) is 165 cm³/mol. The number of carbonyl (C=O) groups is 1. The van der Waals surface area contributed by atoms with Crippen molar-refractivity contribution in [3.8, 4) is 12.1 Å². The molecular weight excluding hydrogens is 566 g/mol. The van der Waals surface area contributed by atoms with Gasteiger partial charge in [-0.25, -0.2) is 0 Å². The second kappa shape index (κ2) is 12.0. The van der Waals surface area contributed by atoms with Crippen LogP contribution in [-0.2, 0) is 9.53 Å². The quantitative estimate of drug-likeness (QED) is 0.250. The molecule has 2 aliphatic rings. The van der Waals surface area contributed by atoms with Gasteiger partial charge in [-0.1, -0.05) is 50.6 Å². The van der Waals surface area contributed by atoms with Gasteiger partial charge in [-0.05, 0) is 29.2 Å². The van der Waals surface area contributed by atoms with Crippen molar-refractivity contribution in [3.05, 3.63) is 76.2 Å². The van der Waals surface area contributed by atoms with E-state index in [4.69, 9.17) is 22.1 Å². The van der Waals surface area contributed by atoms with E-state index in [1.54, 1.807) is 17.1 Å². The SMILES string of the molecule is CC(C)(C)CNc1c(C#N)cnc2c(C#N)cc(N[C@H](C3=CN(C4(C(N)=O)CCOCC4)NN3)c3ccccc3Cl)cc12. The average molecular weight is 600 g/mol. The number of halogens is 1. The highest BCUT2D eigenvalue weighted by atomic mass is 35.5. The molecule has 222 valence electrons. The number of pyridine rings is 1. The molecule has 6 N–H and O–H groups in total. The maximum atomic E-state index is 12.7. The molecule has 1 aromatic heterocycles. The normalized spacial score (nSPS) is 16.9. The number of nitrogens with one attached hydrogen (secondary N) is 4. The van der Waals surface area contributed by atoms with Gasteiger partial charge in [-0.2, -0.15) is 10.5 Å². The third-order valence-corrected chi connectivity index (χ3v) is 8.02. The van der Waals surface area contributed by atoms with Crippen molar-refractivity contribution in [3.63, 3.8) is 0 Å². The molecule has 1 saturated heterocycles. The van der Waals surface area contributed by atoms with Gasteiger partial charge < -0.3 is 26.5 Å². The van der Waals surface area contributed by atoms with Crippen molar-refractivity contribution in [2.75, 3.05) is 30.4 Å². The second-order valence-corrected chi connectivity index (χ2v) is 12.3. The lowest BCUT2D eigenvalue weighted by Gasteiger charge is -2.40. The lowest BCUT2D eigenvalue weighted by molar-refractivity contribution is -0.137. The van der Waals surface area contributed by atoms with Crippen LogP contribution in [0.25, 0.3) is 10.9 Å². The molecule has 2 aromatic carbocycles. The van der Waals surface area contributed by atoms with Crippen LogP contribution >= 0.6 is 11.6 Å². The standard InChI is InChI=1S/C31H34ClN9O2/c1-30(2,3)18-37-27-20(15-34)16-36-26-19(14-33)12-21(13-23(26)27)38-28(22-6-4-5-7-24(22)32)25-17-41(40-39-25)31(29(35)42)8-10-43-11-9-31/h4-7,12-13,16-17,28,38-40H,8-11,18H2,1-3H3,(H2,35,42)(H,36,37)/t28-/m0/s1. The van der Waals surface area contributed by atoms with Gasteiger partial charge in [-0.15, -0.1) is 5.53 Å². The Bertz CT molecular complexity index is 1660. The fourth-order valence-corrected chi connectivity index (χ4v) is 5.56. The number of amides is 1. The number of rotatable bonds is 8. The Morgan fingerprint density at radius 1 is 1.21 bits per heavy atom. The Balaban J connectivity index is 1.60. The molecule has 43 heavy (non-hydrogen) atoms. The summed E-state index contributed by atoms with van der Waals surface area (Å²) < 4.78 is 5.50. The summed E-state index contributed by atoms with van der Waals surface area (Å²) in [6.07, 6.45) is 4.17. The zero-order chi connectivity index (χ0) is 30.8. The first-order valence-corrected chi connectivity index (χ1v) is 14.4. The first-order chi connectivity index (χ1) is 20.6. The van der Waals surface area contributed by atoms with Gasteiger partial charge in [0.15, 0.2) is 0 Å². The summed E-state index contributed by atoms with van der Waals surface area (Å²) >= 11 is 6.70. The van der Waals surface area contributed by atoms with Gasteiger partial charge in [0.1, 0.15) is 17.7 Å². The number of nitrogens with two attached hydrogens (primary N) is 1. The van der Waals surface area contributed by atoms with Crippen LogP contribution in [0.2, 0.25) is 5.02 Å². The maximum absolute atomic E-state index is 12.7. The van der Waals surface area contributed by atoms with Crippen LogP contribution in [0.1, 0.15) is 56.3 Å². The number of hydrazine groups is 2. The Hall–Kier alpha value is -4.55. The van der Waals surface area contributed by atoms with Gasteiger partial charge in [0.25, 0.3) is 0 Å². The number of primary amides is 1. The van der Waals surface area contributed by atoms with Gasteiger partial charge in [0.2, 0.25) is 5.91 Å². The third-order valence-electron chi connectivity index (χ3n) is 7.67. The van der Waals surface area contributed by atoms with Gasteiger partial charge >= 0.3 is 0 Å². The second-order valence-electron chi connectivity index (χ2n) is 11.9. The van der Waals surface area contributed by atoms with E-state index < -0.39 is 17.5 Å². The number of hydrogen-bond donors (Lipinski definition) is 5. The first-order valence-electron chi connectivity index (χ1n) is 14.0. The fourth-order valence-electron chi connectivity index (χ4n) is 5.32. The number of aromatic nitrogens is 1. The summed E-state index contributed by atoms with van der Waals surface area (Å²) in [6.45, 7) is 7.72. The number of benzene rings is 2. The molecular formula is C31H34ClN9O2. The predicted octanol–water partition coefficient (Wildman–Crippen LogP) is 4.44. The van der Waals surface area contributed by atoms with Crippen LogP contribution in [-0.4, -0.2) is 41.2 Å². The summed E-state index contributed by atoms with van der Waals surface area (Å²) in [5.74, 6) is -0.450. The van der Waals surface area contributed by atoms with E-state index in [0.29, 0.717) is 76.7 Å². The summed E-state index contributed by atoms with van der Waals surface area (Å²) in [5, 5.41) is 29.8. The molecule has 1 fully saturated rings. The molecule has 0 unspecified atom stereocenters. The Morgan fingerprint density at radius 2 is 1.93 bits per heavy atom. The van der Waals surface area contributed by atoms with Gasteiger partial charge in [-0.3, -0.25) is 14.8 Å². The number of fused-ring (bicyclic) bond motifs is 1. The smallest absolute Gasteiger partial charge is 0.245 e. The van der Waals surface area contributed by atoms with Crippen molar-refractivity contribution in [1.29, 1.82) is 10.5 Å². The zero-order valence-electron chi connectivity index (χ0n) is 24.3. The molecule has 0 spiro atoms. The number of hydrogen-bond acceptors (Lipinski definition) is 10. The summed E-state index contributed by atoms with van der Waals surface area (Å²) in [4.78, 5) is 17.1.